The van der Waals surface area contributed by atoms with Crippen molar-refractivity contribution in [2.45, 2.75) is 0 Å². The summed E-state index contributed by atoms with van der Waals surface area (Å²) in [7, 11) is 0. The van der Waals surface area contributed by atoms with Gasteiger partial charge in [-0.15, -0.1) is 0 Å². The Balaban J connectivity index is 1.98. The highest BCUT2D eigenvalue weighted by atomic mass is 16.6. The molecule has 88 valence electrons. The van der Waals surface area contributed by atoms with E-state index < -0.39 is 0 Å². The Morgan fingerprint density at radius 3 is 2.61 bits per heavy atom. The first kappa shape index (κ1) is 10.6. The summed E-state index contributed by atoms with van der Waals surface area (Å²) in [5.74, 6) is 1.50. The summed E-state index contributed by atoms with van der Waals surface area (Å²) in [4.78, 5) is 4.25. The maximum atomic E-state index is 8.73. The summed E-state index contributed by atoms with van der Waals surface area (Å²) in [6.45, 7) is 1.15. The first-order chi connectivity index (χ1) is 8.86. The molecule has 0 spiro atoms. The van der Waals surface area contributed by atoms with E-state index in [1.54, 1.807) is 12.3 Å². The van der Waals surface area contributed by atoms with Crippen LogP contribution in [0.1, 0.15) is 5.56 Å². The molecule has 0 aliphatic carbocycles. The third-order valence-corrected chi connectivity index (χ3v) is 2.73. The summed E-state index contributed by atoms with van der Waals surface area (Å²) < 4.78 is 11.0. The molecule has 0 bridgehead atoms. The number of nitrogens with zero attached hydrogens (tertiary/aromatic N) is 2. The Bertz CT molecular complexity index is 615. The van der Waals surface area contributed by atoms with E-state index in [-0.39, 0.29) is 0 Å². The van der Waals surface area contributed by atoms with Crippen molar-refractivity contribution in [1.82, 2.24) is 4.98 Å². The third-order valence-electron chi connectivity index (χ3n) is 2.73. The first-order valence-electron chi connectivity index (χ1n) is 5.63. The second-order valence-electron chi connectivity index (χ2n) is 3.90. The van der Waals surface area contributed by atoms with Crippen molar-refractivity contribution >= 4 is 0 Å². The van der Waals surface area contributed by atoms with Gasteiger partial charge in [-0.2, -0.15) is 5.26 Å². The molecule has 4 nitrogen and oxygen atoms in total. The SMILES string of the molecule is N#Cc1ccc(-c2ccc3c(c2)OCCO3)nc1. The van der Waals surface area contributed by atoms with Crippen LogP contribution in [-0.4, -0.2) is 18.2 Å². The molecule has 0 radical (unpaired) electrons. The first-order valence-corrected chi connectivity index (χ1v) is 5.63. The molecule has 18 heavy (non-hydrogen) atoms. The van der Waals surface area contributed by atoms with Gasteiger partial charge < -0.3 is 9.47 Å². The molecule has 1 aliphatic heterocycles. The van der Waals surface area contributed by atoms with Gasteiger partial charge in [-0.1, -0.05) is 0 Å². The molecule has 4 heteroatoms. The van der Waals surface area contributed by atoms with Gasteiger partial charge in [0.15, 0.2) is 11.5 Å². The normalized spacial score (nSPS) is 12.8. The van der Waals surface area contributed by atoms with E-state index >= 15 is 0 Å². The zero-order valence-electron chi connectivity index (χ0n) is 9.59. The number of hydrogen-bond donors (Lipinski definition) is 0. The van der Waals surface area contributed by atoms with E-state index in [0.717, 1.165) is 22.8 Å². The Hall–Kier alpha value is -2.54. The molecule has 0 fully saturated rings. The number of rotatable bonds is 1. The smallest absolute Gasteiger partial charge is 0.162 e. The van der Waals surface area contributed by atoms with E-state index in [4.69, 9.17) is 14.7 Å². The Kier molecular flexibility index (Phi) is 2.58. The molecule has 0 saturated carbocycles. The molecule has 0 saturated heterocycles. The average Bonchev–Trinajstić information content (AvgIpc) is 2.47. The summed E-state index contributed by atoms with van der Waals surface area (Å²) in [5.41, 5.74) is 2.31. The molecular weight excluding hydrogens is 228 g/mol. The lowest BCUT2D eigenvalue weighted by Crippen LogP contribution is -2.15. The highest BCUT2D eigenvalue weighted by Crippen LogP contribution is 2.33. The lowest BCUT2D eigenvalue weighted by molar-refractivity contribution is 0.171. The molecule has 2 heterocycles. The standard InChI is InChI=1S/C14H10N2O2/c15-8-10-1-3-12(16-9-10)11-2-4-13-14(7-11)18-6-5-17-13/h1-4,7,9H,5-6H2. The lowest BCUT2D eigenvalue weighted by atomic mass is 10.1. The monoisotopic (exact) mass is 238 g/mol. The van der Waals surface area contributed by atoms with Crippen molar-refractivity contribution in [2.24, 2.45) is 0 Å². The van der Waals surface area contributed by atoms with E-state index in [2.05, 4.69) is 4.98 Å². The van der Waals surface area contributed by atoms with Gasteiger partial charge in [-0.25, -0.2) is 0 Å². The van der Waals surface area contributed by atoms with Crippen molar-refractivity contribution in [3.63, 3.8) is 0 Å². The molecule has 0 N–H and O–H groups in total. The molecule has 1 aromatic heterocycles. The molecule has 2 aromatic rings. The van der Waals surface area contributed by atoms with E-state index in [1.807, 2.05) is 30.3 Å². The summed E-state index contributed by atoms with van der Waals surface area (Å²) >= 11 is 0. The minimum absolute atomic E-state index is 0.552. The number of ether oxygens (including phenoxy) is 2. The van der Waals surface area contributed by atoms with E-state index in [0.29, 0.717) is 18.8 Å². The lowest BCUT2D eigenvalue weighted by Gasteiger charge is -2.18. The zero-order valence-corrected chi connectivity index (χ0v) is 9.59. The van der Waals surface area contributed by atoms with Gasteiger partial charge in [-0.05, 0) is 30.3 Å². The Morgan fingerprint density at radius 2 is 1.89 bits per heavy atom. The highest BCUT2D eigenvalue weighted by Gasteiger charge is 2.12. The summed E-state index contributed by atoms with van der Waals surface area (Å²) in [6, 6.07) is 11.3. The van der Waals surface area contributed by atoms with Gasteiger partial charge in [0.25, 0.3) is 0 Å². The fourth-order valence-corrected chi connectivity index (χ4v) is 1.83. The second-order valence-corrected chi connectivity index (χ2v) is 3.90. The van der Waals surface area contributed by atoms with Gasteiger partial charge in [-0.3, -0.25) is 4.98 Å². The number of aromatic nitrogens is 1. The molecule has 0 amide bonds. The van der Waals surface area contributed by atoms with Crippen molar-refractivity contribution in [2.75, 3.05) is 13.2 Å². The van der Waals surface area contributed by atoms with Crippen LogP contribution in [0.5, 0.6) is 11.5 Å². The quantitative estimate of drug-likeness (QED) is 0.765. The minimum Gasteiger partial charge on any atom is -0.486 e. The fraction of sp³-hybridized carbons (Fsp3) is 0.143. The van der Waals surface area contributed by atoms with Gasteiger partial charge in [0, 0.05) is 11.8 Å². The van der Waals surface area contributed by atoms with Crippen LogP contribution in [0, 0.1) is 11.3 Å². The highest BCUT2D eigenvalue weighted by molar-refractivity contribution is 5.64. The van der Waals surface area contributed by atoms with E-state index in [1.165, 1.54) is 0 Å². The van der Waals surface area contributed by atoms with Crippen LogP contribution in [0.4, 0.5) is 0 Å². The van der Waals surface area contributed by atoms with Gasteiger partial charge >= 0.3 is 0 Å². The van der Waals surface area contributed by atoms with E-state index in [9.17, 15) is 0 Å². The molecule has 0 atom stereocenters. The minimum atomic E-state index is 0.552. The van der Waals surface area contributed by atoms with Crippen molar-refractivity contribution in [1.29, 1.82) is 5.26 Å². The van der Waals surface area contributed by atoms with Crippen LogP contribution in [0.2, 0.25) is 0 Å². The molecule has 1 aliphatic rings. The molecule has 1 aromatic carbocycles. The van der Waals surface area contributed by atoms with Crippen LogP contribution in [0.15, 0.2) is 36.5 Å². The molecule has 3 rings (SSSR count). The van der Waals surface area contributed by atoms with Crippen molar-refractivity contribution < 1.29 is 9.47 Å². The Morgan fingerprint density at radius 1 is 1.06 bits per heavy atom. The largest absolute Gasteiger partial charge is 0.486 e. The maximum absolute atomic E-state index is 8.73. The van der Waals surface area contributed by atoms with Crippen LogP contribution in [-0.2, 0) is 0 Å². The van der Waals surface area contributed by atoms with Crippen LogP contribution < -0.4 is 9.47 Å². The average molecular weight is 238 g/mol. The number of hydrogen-bond acceptors (Lipinski definition) is 4. The number of benzene rings is 1. The second kappa shape index (κ2) is 4.38. The Labute approximate surface area is 104 Å². The zero-order chi connectivity index (χ0) is 12.4. The van der Waals surface area contributed by atoms with Crippen LogP contribution >= 0.6 is 0 Å². The summed E-state index contributed by atoms with van der Waals surface area (Å²) in [5, 5.41) is 8.73. The maximum Gasteiger partial charge on any atom is 0.162 e. The van der Waals surface area contributed by atoms with Gasteiger partial charge in [0.05, 0.1) is 11.3 Å². The third kappa shape index (κ3) is 1.87. The predicted octanol–water partition coefficient (Wildman–Crippen LogP) is 2.39. The molecular formula is C14H10N2O2. The van der Waals surface area contributed by atoms with Gasteiger partial charge in [0.2, 0.25) is 0 Å². The van der Waals surface area contributed by atoms with Crippen LogP contribution in [0.3, 0.4) is 0 Å². The fourth-order valence-electron chi connectivity index (χ4n) is 1.83. The van der Waals surface area contributed by atoms with Crippen molar-refractivity contribution in [3.8, 4) is 28.8 Å². The topological polar surface area (TPSA) is 55.1 Å². The summed E-state index contributed by atoms with van der Waals surface area (Å²) in [6.07, 6.45) is 1.56. The van der Waals surface area contributed by atoms with Crippen molar-refractivity contribution in [3.05, 3.63) is 42.1 Å². The predicted molar refractivity (Wildman–Crippen MR) is 65.4 cm³/mol. The van der Waals surface area contributed by atoms with Gasteiger partial charge in [0.1, 0.15) is 19.3 Å². The number of nitriles is 1. The number of fused-ring (bicyclic) bond motifs is 1. The molecule has 0 unspecified atom stereocenters. The van der Waals surface area contributed by atoms with Crippen LogP contribution in [0.25, 0.3) is 11.3 Å². The number of pyridine rings is 1.